The van der Waals surface area contributed by atoms with Crippen LogP contribution in [0.2, 0.25) is 0 Å². The van der Waals surface area contributed by atoms with E-state index in [1.165, 1.54) is 17.7 Å². The first kappa shape index (κ1) is 25.7. The monoisotopic (exact) mass is 526 g/mol. The molecule has 1 saturated heterocycles. The zero-order valence-corrected chi connectivity index (χ0v) is 21.6. The van der Waals surface area contributed by atoms with E-state index < -0.39 is 17.5 Å². The normalized spacial score (nSPS) is 21.6. The van der Waals surface area contributed by atoms with Gasteiger partial charge in [0.1, 0.15) is 11.5 Å². The number of halogens is 1. The third-order valence-electron chi connectivity index (χ3n) is 7.46. The number of hydrogen-bond acceptors (Lipinski definition) is 6. The van der Waals surface area contributed by atoms with Crippen LogP contribution < -0.4 is 16.6 Å². The summed E-state index contributed by atoms with van der Waals surface area (Å²) in [6.07, 6.45) is 4.31. The number of nitrogens with zero attached hydrogens (tertiary/aromatic N) is 3. The SMILES string of the molecule is CO[C@@H](C(=O)NC1CCC(n2c(=O)c3cc(F)cnc3n(C3CCSCC3)c2=O)CC1)c1ccccc1. The van der Waals surface area contributed by atoms with Crippen LogP contribution in [0.1, 0.15) is 62.3 Å². The molecule has 1 aliphatic carbocycles. The van der Waals surface area contributed by atoms with Gasteiger partial charge in [-0.05, 0) is 61.7 Å². The fourth-order valence-corrected chi connectivity index (χ4v) is 6.66. The number of hydrogen-bond donors (Lipinski definition) is 1. The van der Waals surface area contributed by atoms with Crippen LogP contribution in [0.25, 0.3) is 11.0 Å². The lowest BCUT2D eigenvalue weighted by molar-refractivity contribution is -0.132. The number of amides is 1. The van der Waals surface area contributed by atoms with Gasteiger partial charge in [0, 0.05) is 25.2 Å². The Hall–Kier alpha value is -2.98. The molecular weight excluding hydrogens is 495 g/mol. The largest absolute Gasteiger partial charge is 0.367 e. The van der Waals surface area contributed by atoms with E-state index in [4.69, 9.17) is 4.74 Å². The Morgan fingerprint density at radius 2 is 1.73 bits per heavy atom. The number of carbonyl (C=O) groups excluding carboxylic acids is 1. The second-order valence-corrected chi connectivity index (χ2v) is 11.0. The standard InChI is InChI=1S/C27H31FN4O4S/c1-36-23(17-5-3-2-4-6-17)25(33)30-19-7-9-20(10-8-19)32-26(34)22-15-18(28)16-29-24(22)31(27(32)35)21-11-13-37-14-12-21/h2-6,15-16,19-21,23H,7-14H2,1H3,(H,30,33)/t19?,20?,23-/m1/s1. The average molecular weight is 527 g/mol. The lowest BCUT2D eigenvalue weighted by Crippen LogP contribution is -2.47. The smallest absolute Gasteiger partial charge is 0.333 e. The van der Waals surface area contributed by atoms with Gasteiger partial charge in [0.05, 0.1) is 11.6 Å². The molecule has 1 aliphatic heterocycles. The molecule has 0 unspecified atom stereocenters. The van der Waals surface area contributed by atoms with Crippen LogP contribution in [0, 0.1) is 5.82 Å². The minimum absolute atomic E-state index is 0.0688. The zero-order chi connectivity index (χ0) is 25.9. The number of ether oxygens (including phenoxy) is 1. The molecule has 0 radical (unpaired) electrons. The van der Waals surface area contributed by atoms with Gasteiger partial charge in [0.15, 0.2) is 6.10 Å². The van der Waals surface area contributed by atoms with Crippen LogP contribution in [-0.4, -0.2) is 44.7 Å². The van der Waals surface area contributed by atoms with Crippen LogP contribution in [0.4, 0.5) is 4.39 Å². The number of nitrogens with one attached hydrogen (secondary N) is 1. The van der Waals surface area contributed by atoms with Gasteiger partial charge in [-0.15, -0.1) is 0 Å². The Kier molecular flexibility index (Phi) is 7.76. The maximum absolute atomic E-state index is 14.1. The van der Waals surface area contributed by atoms with E-state index in [1.54, 1.807) is 4.57 Å². The van der Waals surface area contributed by atoms with Crippen LogP contribution in [-0.2, 0) is 9.53 Å². The summed E-state index contributed by atoms with van der Waals surface area (Å²) >= 11 is 1.84. The van der Waals surface area contributed by atoms with Crippen LogP contribution in [0.3, 0.4) is 0 Å². The molecule has 0 spiro atoms. The molecule has 0 bridgehead atoms. The summed E-state index contributed by atoms with van der Waals surface area (Å²) in [6.45, 7) is 0. The highest BCUT2D eigenvalue weighted by molar-refractivity contribution is 7.99. The van der Waals surface area contributed by atoms with Crippen molar-refractivity contribution >= 4 is 28.7 Å². The van der Waals surface area contributed by atoms with Crippen molar-refractivity contribution in [3.05, 3.63) is 74.8 Å². The van der Waals surface area contributed by atoms with E-state index in [1.807, 2.05) is 42.1 Å². The maximum atomic E-state index is 14.1. The topological polar surface area (TPSA) is 95.2 Å². The number of carbonyl (C=O) groups is 1. The highest BCUT2D eigenvalue weighted by Gasteiger charge is 2.31. The Labute approximate surface area is 218 Å². The number of aromatic nitrogens is 3. The summed E-state index contributed by atoms with van der Waals surface area (Å²) in [5, 5.41) is 3.21. The molecule has 1 aromatic carbocycles. The number of pyridine rings is 1. The minimum atomic E-state index is -0.703. The molecule has 196 valence electrons. The summed E-state index contributed by atoms with van der Waals surface area (Å²) in [5.74, 6) is 1.04. The summed E-state index contributed by atoms with van der Waals surface area (Å²) in [6, 6.07) is 10.0. The fourth-order valence-electron chi connectivity index (χ4n) is 5.58. The van der Waals surface area contributed by atoms with E-state index >= 15 is 0 Å². The van der Waals surface area contributed by atoms with Crippen LogP contribution in [0.5, 0.6) is 0 Å². The van der Waals surface area contributed by atoms with Crippen molar-refractivity contribution in [2.24, 2.45) is 0 Å². The predicted octanol–water partition coefficient (Wildman–Crippen LogP) is 3.75. The second kappa shape index (κ2) is 11.2. The lowest BCUT2D eigenvalue weighted by atomic mass is 9.90. The molecule has 2 aliphatic rings. The summed E-state index contributed by atoms with van der Waals surface area (Å²) in [5.41, 5.74) is 0.174. The quantitative estimate of drug-likeness (QED) is 0.526. The van der Waals surface area contributed by atoms with Gasteiger partial charge >= 0.3 is 5.69 Å². The third-order valence-corrected chi connectivity index (χ3v) is 8.51. The highest BCUT2D eigenvalue weighted by Crippen LogP contribution is 2.30. The Bertz CT molecular complexity index is 1380. The molecule has 37 heavy (non-hydrogen) atoms. The van der Waals surface area contributed by atoms with Gasteiger partial charge < -0.3 is 10.1 Å². The van der Waals surface area contributed by atoms with E-state index in [2.05, 4.69) is 10.3 Å². The number of methoxy groups -OCH3 is 1. The zero-order valence-electron chi connectivity index (χ0n) is 20.8. The van der Waals surface area contributed by atoms with Gasteiger partial charge in [-0.3, -0.25) is 18.7 Å². The Morgan fingerprint density at radius 1 is 1.05 bits per heavy atom. The Morgan fingerprint density at radius 3 is 2.41 bits per heavy atom. The van der Waals surface area contributed by atoms with Crippen molar-refractivity contribution < 1.29 is 13.9 Å². The molecule has 8 nitrogen and oxygen atoms in total. The third kappa shape index (κ3) is 5.22. The second-order valence-electron chi connectivity index (χ2n) is 9.74. The van der Waals surface area contributed by atoms with Crippen molar-refractivity contribution in [3.63, 3.8) is 0 Å². The van der Waals surface area contributed by atoms with E-state index in [0.29, 0.717) is 25.7 Å². The number of benzene rings is 1. The molecule has 1 saturated carbocycles. The van der Waals surface area contributed by atoms with Gasteiger partial charge in [-0.25, -0.2) is 14.2 Å². The van der Waals surface area contributed by atoms with Gasteiger partial charge in [-0.2, -0.15) is 11.8 Å². The average Bonchev–Trinajstić information content (AvgIpc) is 2.92. The van der Waals surface area contributed by atoms with Gasteiger partial charge in [0.2, 0.25) is 0 Å². The molecule has 1 atom stereocenters. The first-order valence-electron chi connectivity index (χ1n) is 12.8. The van der Waals surface area contributed by atoms with Crippen molar-refractivity contribution in [3.8, 4) is 0 Å². The molecular formula is C27H31FN4O4S. The highest BCUT2D eigenvalue weighted by atomic mass is 32.2. The van der Waals surface area contributed by atoms with Crippen molar-refractivity contribution in [1.82, 2.24) is 19.4 Å². The summed E-state index contributed by atoms with van der Waals surface area (Å²) in [7, 11) is 1.51. The lowest BCUT2D eigenvalue weighted by Gasteiger charge is -2.32. The number of thioether (sulfide) groups is 1. The van der Waals surface area contributed by atoms with E-state index in [0.717, 1.165) is 36.1 Å². The van der Waals surface area contributed by atoms with E-state index in [9.17, 15) is 18.8 Å². The molecule has 3 aromatic rings. The number of fused-ring (bicyclic) bond motifs is 1. The van der Waals surface area contributed by atoms with Crippen molar-refractivity contribution in [2.75, 3.05) is 18.6 Å². The van der Waals surface area contributed by atoms with Gasteiger partial charge in [0.25, 0.3) is 11.5 Å². The number of rotatable bonds is 6. The molecule has 5 rings (SSSR count). The van der Waals surface area contributed by atoms with Crippen LogP contribution >= 0.6 is 11.8 Å². The minimum Gasteiger partial charge on any atom is -0.367 e. The molecule has 1 N–H and O–H groups in total. The van der Waals surface area contributed by atoms with E-state index in [-0.39, 0.29) is 40.8 Å². The summed E-state index contributed by atoms with van der Waals surface area (Å²) < 4.78 is 22.5. The fraction of sp³-hybridized carbons (Fsp3) is 0.481. The first-order chi connectivity index (χ1) is 18.0. The predicted molar refractivity (Wildman–Crippen MR) is 141 cm³/mol. The molecule has 2 aromatic heterocycles. The van der Waals surface area contributed by atoms with Gasteiger partial charge in [-0.1, -0.05) is 30.3 Å². The molecule has 3 heterocycles. The maximum Gasteiger partial charge on any atom is 0.333 e. The molecule has 2 fully saturated rings. The molecule has 10 heteroatoms. The molecule has 1 amide bonds. The van der Waals surface area contributed by atoms with Crippen molar-refractivity contribution in [1.29, 1.82) is 0 Å². The Balaban J connectivity index is 1.38. The first-order valence-corrected chi connectivity index (χ1v) is 13.9. The summed E-state index contributed by atoms with van der Waals surface area (Å²) in [4.78, 5) is 44.2. The van der Waals surface area contributed by atoms with Crippen molar-refractivity contribution in [2.45, 2.75) is 62.8 Å². The van der Waals surface area contributed by atoms with Crippen LogP contribution in [0.15, 0.2) is 52.2 Å².